The molecule has 0 aliphatic carbocycles. The minimum Gasteiger partial charge on any atom is -0.376 e. The van der Waals surface area contributed by atoms with Gasteiger partial charge in [-0.25, -0.2) is 0 Å². The lowest BCUT2D eigenvalue weighted by Gasteiger charge is -2.39. The van der Waals surface area contributed by atoms with Gasteiger partial charge in [-0.15, -0.1) is 0 Å². The molecule has 4 nitrogen and oxygen atoms in total. The number of ether oxygens (including phenoxy) is 1. The van der Waals surface area contributed by atoms with E-state index in [2.05, 4.69) is 48.9 Å². The first-order valence-corrected chi connectivity index (χ1v) is 7.77. The number of rotatable bonds is 3. The van der Waals surface area contributed by atoms with E-state index >= 15 is 0 Å². The van der Waals surface area contributed by atoms with E-state index in [1.54, 1.807) is 0 Å². The van der Waals surface area contributed by atoms with Crippen molar-refractivity contribution in [1.82, 2.24) is 4.90 Å². The highest BCUT2D eigenvalue weighted by Gasteiger charge is 2.41. The van der Waals surface area contributed by atoms with Gasteiger partial charge in [-0.05, 0) is 44.7 Å². The van der Waals surface area contributed by atoms with Crippen molar-refractivity contribution in [2.45, 2.75) is 45.3 Å². The predicted molar refractivity (Wildman–Crippen MR) is 85.4 cm³/mol. The molecule has 1 saturated heterocycles. The van der Waals surface area contributed by atoms with Crippen molar-refractivity contribution in [2.24, 2.45) is 10.7 Å². The van der Waals surface area contributed by atoms with E-state index in [-0.39, 0.29) is 11.6 Å². The van der Waals surface area contributed by atoms with E-state index in [0.29, 0.717) is 5.96 Å². The zero-order valence-electron chi connectivity index (χ0n) is 13.2. The van der Waals surface area contributed by atoms with E-state index in [4.69, 9.17) is 10.5 Å². The highest BCUT2D eigenvalue weighted by atomic mass is 16.5. The zero-order chi connectivity index (χ0) is 15.0. The van der Waals surface area contributed by atoms with Crippen molar-refractivity contribution >= 4 is 5.96 Å². The minimum absolute atomic E-state index is 0.161. The number of hydrogen-bond acceptors (Lipinski definition) is 4. The molecule has 0 saturated carbocycles. The fourth-order valence-corrected chi connectivity index (χ4v) is 3.49. The van der Waals surface area contributed by atoms with Crippen molar-refractivity contribution in [3.05, 3.63) is 34.9 Å². The first-order valence-electron chi connectivity index (χ1n) is 7.77. The van der Waals surface area contributed by atoms with Crippen LogP contribution in [-0.4, -0.2) is 36.7 Å². The van der Waals surface area contributed by atoms with Gasteiger partial charge in [-0.2, -0.15) is 0 Å². The molecule has 1 fully saturated rings. The Hall–Kier alpha value is -1.55. The van der Waals surface area contributed by atoms with Gasteiger partial charge in [0.05, 0.1) is 18.2 Å². The van der Waals surface area contributed by atoms with Gasteiger partial charge in [0.25, 0.3) is 0 Å². The number of guanidine groups is 1. The maximum absolute atomic E-state index is 6.18. The van der Waals surface area contributed by atoms with Crippen LogP contribution in [0, 0.1) is 13.8 Å². The van der Waals surface area contributed by atoms with Crippen LogP contribution in [0.5, 0.6) is 0 Å². The first-order chi connectivity index (χ1) is 10.0. The van der Waals surface area contributed by atoms with Crippen LogP contribution in [0.25, 0.3) is 0 Å². The molecule has 0 spiro atoms. The quantitative estimate of drug-likeness (QED) is 0.928. The summed E-state index contributed by atoms with van der Waals surface area (Å²) in [5, 5.41) is 0. The van der Waals surface area contributed by atoms with Gasteiger partial charge < -0.3 is 15.4 Å². The third kappa shape index (κ3) is 2.53. The molecule has 2 aliphatic heterocycles. The van der Waals surface area contributed by atoms with Crippen molar-refractivity contribution in [2.75, 3.05) is 19.7 Å². The SMILES string of the molecule is Cc1ccc(C)c(C2(C)CN=C(N)N2CC2CCCO2)c1. The van der Waals surface area contributed by atoms with E-state index in [1.807, 2.05) is 0 Å². The third-order valence-corrected chi connectivity index (χ3v) is 4.80. The molecule has 1 aromatic carbocycles. The van der Waals surface area contributed by atoms with Crippen LogP contribution >= 0.6 is 0 Å². The Morgan fingerprint density at radius 2 is 2.24 bits per heavy atom. The molecule has 0 amide bonds. The van der Waals surface area contributed by atoms with Crippen LogP contribution in [0.15, 0.2) is 23.2 Å². The van der Waals surface area contributed by atoms with Crippen molar-refractivity contribution in [1.29, 1.82) is 0 Å². The van der Waals surface area contributed by atoms with Gasteiger partial charge in [-0.3, -0.25) is 4.99 Å². The van der Waals surface area contributed by atoms with Crippen molar-refractivity contribution in [3.63, 3.8) is 0 Å². The van der Waals surface area contributed by atoms with Crippen LogP contribution < -0.4 is 5.73 Å². The third-order valence-electron chi connectivity index (χ3n) is 4.80. The van der Waals surface area contributed by atoms with Gasteiger partial charge in [0.15, 0.2) is 5.96 Å². The Morgan fingerprint density at radius 3 is 2.95 bits per heavy atom. The predicted octanol–water partition coefficient (Wildman–Crippen LogP) is 2.33. The molecule has 21 heavy (non-hydrogen) atoms. The lowest BCUT2D eigenvalue weighted by Crippen LogP contribution is -2.50. The highest BCUT2D eigenvalue weighted by molar-refractivity contribution is 5.81. The average molecular weight is 287 g/mol. The molecule has 2 aliphatic rings. The maximum Gasteiger partial charge on any atom is 0.192 e. The Kier molecular flexibility index (Phi) is 3.66. The lowest BCUT2D eigenvalue weighted by molar-refractivity contribution is 0.0689. The fraction of sp³-hybridized carbons (Fsp3) is 0.588. The number of nitrogens with two attached hydrogens (primary N) is 1. The molecule has 0 bridgehead atoms. The largest absolute Gasteiger partial charge is 0.376 e. The second kappa shape index (κ2) is 5.34. The smallest absolute Gasteiger partial charge is 0.192 e. The Bertz CT molecular complexity index is 563. The van der Waals surface area contributed by atoms with E-state index in [0.717, 1.165) is 32.5 Å². The fourth-order valence-electron chi connectivity index (χ4n) is 3.49. The summed E-state index contributed by atoms with van der Waals surface area (Å²) in [6, 6.07) is 6.62. The molecule has 2 atom stereocenters. The average Bonchev–Trinajstić information content (AvgIpc) is 3.06. The summed E-state index contributed by atoms with van der Waals surface area (Å²) in [5.74, 6) is 0.647. The second-order valence-electron chi connectivity index (χ2n) is 6.51. The summed E-state index contributed by atoms with van der Waals surface area (Å²) < 4.78 is 5.79. The van der Waals surface area contributed by atoms with E-state index < -0.39 is 0 Å². The second-order valence-corrected chi connectivity index (χ2v) is 6.51. The first kappa shape index (κ1) is 14.4. The zero-order valence-corrected chi connectivity index (χ0v) is 13.2. The molecule has 2 N–H and O–H groups in total. The van der Waals surface area contributed by atoms with Crippen molar-refractivity contribution < 1.29 is 4.74 Å². The van der Waals surface area contributed by atoms with E-state index in [9.17, 15) is 0 Å². The molecule has 114 valence electrons. The maximum atomic E-state index is 6.18. The molecular formula is C17H25N3O. The van der Waals surface area contributed by atoms with Gasteiger partial charge in [0, 0.05) is 13.2 Å². The number of benzene rings is 1. The standard InChI is InChI=1S/C17H25N3O/c1-12-6-7-13(2)15(9-12)17(3)11-19-16(18)20(17)10-14-5-4-8-21-14/h6-7,9,14H,4-5,8,10-11H2,1-3H3,(H2,18,19). The van der Waals surface area contributed by atoms with Crippen LogP contribution in [0.4, 0.5) is 0 Å². The van der Waals surface area contributed by atoms with Gasteiger partial charge in [-0.1, -0.05) is 23.8 Å². The Balaban J connectivity index is 1.92. The van der Waals surface area contributed by atoms with Crippen LogP contribution in [-0.2, 0) is 10.3 Å². The molecule has 2 unspecified atom stereocenters. The number of nitrogens with zero attached hydrogens (tertiary/aromatic N) is 2. The molecule has 2 heterocycles. The van der Waals surface area contributed by atoms with Crippen LogP contribution in [0.3, 0.4) is 0 Å². The van der Waals surface area contributed by atoms with Gasteiger partial charge in [0.2, 0.25) is 0 Å². The van der Waals surface area contributed by atoms with Crippen LogP contribution in [0.1, 0.15) is 36.5 Å². The molecule has 4 heteroatoms. The van der Waals surface area contributed by atoms with Gasteiger partial charge in [0.1, 0.15) is 0 Å². The summed E-state index contributed by atoms with van der Waals surface area (Å²) in [5.41, 5.74) is 9.92. The minimum atomic E-state index is -0.161. The number of hydrogen-bond donors (Lipinski definition) is 1. The van der Waals surface area contributed by atoms with E-state index in [1.165, 1.54) is 16.7 Å². The molecule has 0 radical (unpaired) electrons. The lowest BCUT2D eigenvalue weighted by atomic mass is 9.86. The number of aliphatic imine (C=N–C) groups is 1. The highest BCUT2D eigenvalue weighted by Crippen LogP contribution is 2.36. The number of aryl methyl sites for hydroxylation is 2. The topological polar surface area (TPSA) is 50.8 Å². The summed E-state index contributed by atoms with van der Waals surface area (Å²) in [6.45, 7) is 8.96. The Morgan fingerprint density at radius 1 is 1.43 bits per heavy atom. The molecule has 0 aromatic heterocycles. The summed E-state index contributed by atoms with van der Waals surface area (Å²) in [4.78, 5) is 6.77. The summed E-state index contributed by atoms with van der Waals surface area (Å²) in [7, 11) is 0. The Labute approximate surface area is 127 Å². The van der Waals surface area contributed by atoms with Crippen molar-refractivity contribution in [3.8, 4) is 0 Å². The van der Waals surface area contributed by atoms with Gasteiger partial charge >= 0.3 is 0 Å². The summed E-state index contributed by atoms with van der Waals surface area (Å²) >= 11 is 0. The monoisotopic (exact) mass is 287 g/mol. The summed E-state index contributed by atoms with van der Waals surface area (Å²) in [6.07, 6.45) is 2.55. The molecule has 1 aromatic rings. The normalized spacial score (nSPS) is 29.0. The molecule has 3 rings (SSSR count). The molecular weight excluding hydrogens is 262 g/mol. The van der Waals surface area contributed by atoms with Crippen LogP contribution in [0.2, 0.25) is 0 Å².